The average Bonchev–Trinajstić information content (AvgIpc) is 0.722. The van der Waals surface area contributed by atoms with Crippen molar-refractivity contribution in [3.63, 3.8) is 0 Å². The predicted octanol–water partition coefficient (Wildman–Crippen LogP) is 0.315. The molecule has 0 N–H and O–H groups in total. The van der Waals surface area contributed by atoms with Crippen molar-refractivity contribution in [1.82, 2.24) is 0 Å². The summed E-state index contributed by atoms with van der Waals surface area (Å²) in [6.07, 6.45) is 1.42. The van der Waals surface area contributed by atoms with Crippen LogP contribution in [0.1, 0.15) is 6.42 Å². The molecule has 0 nitrogen and oxygen atoms in total. The Balaban J connectivity index is 2.47. The quantitative estimate of drug-likeness (QED) is 0.399. The predicted molar refractivity (Wildman–Crippen MR) is 21.2 cm³/mol. The maximum atomic E-state index is 2.40. The Morgan fingerprint density at radius 1 is 1.75 bits per heavy atom. The third kappa shape index (κ3) is 0.253. The first-order valence-electron chi connectivity index (χ1n) is 1.48. The van der Waals surface area contributed by atoms with Gasteiger partial charge >= 0.3 is 31.7 Å². The van der Waals surface area contributed by atoms with Crippen molar-refractivity contribution in [1.29, 1.82) is 0 Å². The summed E-state index contributed by atoms with van der Waals surface area (Å²) in [5.41, 5.74) is 0. The summed E-state index contributed by atoms with van der Waals surface area (Å²) in [7, 11) is 0. The fraction of sp³-hybridized carbons (Fsp3) is 0.667. The molecule has 22 valence electrons. The molecule has 0 aromatic rings. The molecule has 1 heteroatoms. The van der Waals surface area contributed by atoms with E-state index in [1.807, 2.05) is 0 Å². The fourth-order valence-corrected chi connectivity index (χ4v) is 0.671. The summed E-state index contributed by atoms with van der Waals surface area (Å²) < 4.78 is 0. The van der Waals surface area contributed by atoms with Gasteiger partial charge < -0.3 is 0 Å². The van der Waals surface area contributed by atoms with Crippen molar-refractivity contribution in [2.24, 2.45) is 0 Å². The van der Waals surface area contributed by atoms with E-state index in [-0.39, 0.29) is 0 Å². The van der Waals surface area contributed by atoms with E-state index in [9.17, 15) is 0 Å². The van der Waals surface area contributed by atoms with Gasteiger partial charge in [-0.25, -0.2) is 0 Å². The fourth-order valence-electron chi connectivity index (χ4n) is 0.129. The van der Waals surface area contributed by atoms with Crippen LogP contribution >= 0.6 is 0 Å². The molecule has 0 aromatic heterocycles. The first-order valence-corrected chi connectivity index (χ1v) is 3.89. The van der Waals surface area contributed by atoms with Gasteiger partial charge in [-0.2, -0.15) is 0 Å². The molecule has 0 saturated carbocycles. The van der Waals surface area contributed by atoms with Crippen molar-refractivity contribution in [2.45, 2.75) is 11.6 Å². The summed E-state index contributed by atoms with van der Waals surface area (Å²) in [6, 6.07) is 0. The molecule has 0 aromatic carbocycles. The van der Waals surface area contributed by atoms with Gasteiger partial charge in [-0.15, -0.1) is 0 Å². The van der Waals surface area contributed by atoms with Crippen molar-refractivity contribution in [3.8, 4) is 0 Å². The van der Waals surface area contributed by atoms with E-state index in [0.29, 0.717) is 0 Å². The minimum atomic E-state index is 0.771. The van der Waals surface area contributed by atoms with Crippen molar-refractivity contribution < 1.29 is 0 Å². The van der Waals surface area contributed by atoms with Crippen LogP contribution in [0.15, 0.2) is 0 Å². The monoisotopic (exact) mass is 116 g/mol. The number of hydrogen-bond acceptors (Lipinski definition) is 0. The van der Waals surface area contributed by atoms with Crippen LogP contribution in [0.5, 0.6) is 0 Å². The molecule has 0 radical (unpaired) electrons. The molecular formula is C3H5As. The van der Waals surface area contributed by atoms with Crippen LogP contribution in [0.4, 0.5) is 0 Å². The zero-order valence-corrected chi connectivity index (χ0v) is 4.32. The molecule has 0 fully saturated rings. The van der Waals surface area contributed by atoms with Crippen molar-refractivity contribution in [3.05, 3.63) is 0 Å². The molecule has 1 aliphatic heterocycles. The first-order chi connectivity index (χ1) is 2.00. The van der Waals surface area contributed by atoms with E-state index in [0.717, 1.165) is 15.3 Å². The molecule has 0 unspecified atom stereocenters. The second kappa shape index (κ2) is 1.03. The molecule has 0 saturated heterocycles. The van der Waals surface area contributed by atoms with Crippen LogP contribution in [-0.4, -0.2) is 20.1 Å². The standard InChI is InChI=1S/C3H5As/c1-2-4-3-1/h2H,1,3H2. The van der Waals surface area contributed by atoms with Gasteiger partial charge in [0, 0.05) is 0 Å². The van der Waals surface area contributed by atoms with Gasteiger partial charge in [-0.05, 0) is 0 Å². The van der Waals surface area contributed by atoms with Crippen LogP contribution in [0.3, 0.4) is 0 Å². The van der Waals surface area contributed by atoms with E-state index in [4.69, 9.17) is 0 Å². The second-order valence-corrected chi connectivity index (χ2v) is 3.35. The van der Waals surface area contributed by atoms with Gasteiger partial charge in [0.15, 0.2) is 0 Å². The normalized spacial score (nSPS) is 24.0. The zero-order chi connectivity index (χ0) is 2.83. The third-order valence-corrected chi connectivity index (χ3v) is 2.68. The second-order valence-electron chi connectivity index (χ2n) is 0.877. The molecule has 0 atom stereocenters. The molecule has 0 amide bonds. The average molecular weight is 116 g/mol. The third-order valence-electron chi connectivity index (χ3n) is 0.516. The van der Waals surface area contributed by atoms with E-state index >= 15 is 0 Å². The summed E-state index contributed by atoms with van der Waals surface area (Å²) in [5.74, 6) is 0. The Morgan fingerprint density at radius 2 is 2.00 bits per heavy atom. The van der Waals surface area contributed by atoms with E-state index in [1.54, 1.807) is 0 Å². The van der Waals surface area contributed by atoms with E-state index in [2.05, 4.69) is 4.81 Å². The molecule has 0 bridgehead atoms. The Hall–Kier alpha value is 0.428. The maximum absolute atomic E-state index is 2.40. The summed E-state index contributed by atoms with van der Waals surface area (Å²) >= 11 is 0.771. The first kappa shape index (κ1) is 2.65. The zero-order valence-electron chi connectivity index (χ0n) is 2.44. The van der Waals surface area contributed by atoms with Gasteiger partial charge in [0.1, 0.15) is 0 Å². The van der Waals surface area contributed by atoms with Gasteiger partial charge in [-0.3, -0.25) is 0 Å². The number of hydrogen-bond donors (Lipinski definition) is 0. The Labute approximate surface area is 32.4 Å². The Bertz CT molecular complexity index is 32.5. The number of rotatable bonds is 0. The van der Waals surface area contributed by atoms with Gasteiger partial charge in [-0.1, -0.05) is 0 Å². The minimum absolute atomic E-state index is 0.771. The molecule has 0 spiro atoms. The molecule has 1 heterocycles. The van der Waals surface area contributed by atoms with Crippen molar-refractivity contribution >= 4 is 20.1 Å². The Kier molecular flexibility index (Phi) is 0.684. The molecule has 1 rings (SSSR count). The Morgan fingerprint density at radius 3 is 2.00 bits per heavy atom. The van der Waals surface area contributed by atoms with Crippen LogP contribution in [0, 0.1) is 0 Å². The molecular weight excluding hydrogens is 111 g/mol. The van der Waals surface area contributed by atoms with Gasteiger partial charge in [0.2, 0.25) is 0 Å². The SMILES string of the molecule is C1=[As]CC1. The molecule has 0 aliphatic carbocycles. The topological polar surface area (TPSA) is 0 Å². The van der Waals surface area contributed by atoms with Crippen LogP contribution in [0.25, 0.3) is 0 Å². The van der Waals surface area contributed by atoms with Gasteiger partial charge in [0.05, 0.1) is 0 Å². The van der Waals surface area contributed by atoms with E-state index in [1.165, 1.54) is 11.6 Å². The van der Waals surface area contributed by atoms with Crippen LogP contribution < -0.4 is 0 Å². The van der Waals surface area contributed by atoms with Crippen molar-refractivity contribution in [2.75, 3.05) is 0 Å². The van der Waals surface area contributed by atoms with Crippen LogP contribution in [0.2, 0.25) is 5.21 Å². The summed E-state index contributed by atoms with van der Waals surface area (Å²) in [5, 5.41) is 1.54. The van der Waals surface area contributed by atoms with Crippen LogP contribution in [-0.2, 0) is 0 Å². The van der Waals surface area contributed by atoms with Gasteiger partial charge in [0.25, 0.3) is 0 Å². The van der Waals surface area contributed by atoms with E-state index < -0.39 is 0 Å². The molecule has 4 heavy (non-hydrogen) atoms. The summed E-state index contributed by atoms with van der Waals surface area (Å²) in [6.45, 7) is 0. The summed E-state index contributed by atoms with van der Waals surface area (Å²) in [4.78, 5) is 2.40. The molecule has 1 aliphatic rings.